The third-order valence-electron chi connectivity index (χ3n) is 3.81. The first kappa shape index (κ1) is 14.9. The lowest BCUT2D eigenvalue weighted by molar-refractivity contribution is 0.506. The van der Waals surface area contributed by atoms with Crippen molar-refractivity contribution in [2.75, 3.05) is 18.0 Å². The summed E-state index contributed by atoms with van der Waals surface area (Å²) in [6.45, 7) is 6.81. The molecule has 1 heterocycles. The first-order valence-corrected chi connectivity index (χ1v) is 8.17. The lowest BCUT2D eigenvalue weighted by Crippen LogP contribution is -2.31. The third kappa shape index (κ3) is 3.96. The summed E-state index contributed by atoms with van der Waals surface area (Å²) in [5.41, 5.74) is 9.06. The lowest BCUT2D eigenvalue weighted by Gasteiger charge is -2.32. The molecule has 0 bridgehead atoms. The van der Waals surface area contributed by atoms with Gasteiger partial charge in [-0.1, -0.05) is 29.8 Å². The van der Waals surface area contributed by atoms with Crippen molar-refractivity contribution in [1.29, 1.82) is 0 Å². The van der Waals surface area contributed by atoms with Gasteiger partial charge < -0.3 is 10.6 Å². The molecule has 1 aromatic carbocycles. The number of rotatable bonds is 4. The van der Waals surface area contributed by atoms with Gasteiger partial charge in [-0.3, -0.25) is 0 Å². The van der Waals surface area contributed by atoms with E-state index >= 15 is 0 Å². The van der Waals surface area contributed by atoms with Gasteiger partial charge in [0.1, 0.15) is 0 Å². The van der Waals surface area contributed by atoms with E-state index in [4.69, 9.17) is 5.73 Å². The van der Waals surface area contributed by atoms with E-state index in [2.05, 4.69) is 52.9 Å². The van der Waals surface area contributed by atoms with Crippen molar-refractivity contribution >= 4 is 21.6 Å². The van der Waals surface area contributed by atoms with Crippen LogP contribution in [0.15, 0.2) is 22.7 Å². The van der Waals surface area contributed by atoms with Crippen LogP contribution >= 0.6 is 15.9 Å². The molecule has 2 nitrogen and oxygen atoms in total. The molecule has 0 aliphatic carbocycles. The van der Waals surface area contributed by atoms with Gasteiger partial charge in [0.25, 0.3) is 0 Å². The van der Waals surface area contributed by atoms with Crippen LogP contribution in [0.25, 0.3) is 0 Å². The van der Waals surface area contributed by atoms with Gasteiger partial charge in [0, 0.05) is 29.3 Å². The summed E-state index contributed by atoms with van der Waals surface area (Å²) < 4.78 is 1.13. The Morgan fingerprint density at radius 1 is 1.21 bits per heavy atom. The predicted octanol–water partition coefficient (Wildman–Crippen LogP) is 4.49. The maximum absolute atomic E-state index is 6.42. The van der Waals surface area contributed by atoms with Crippen LogP contribution in [0.1, 0.15) is 51.1 Å². The molecule has 1 fully saturated rings. The number of hydrogen-bond donors (Lipinski definition) is 1. The molecule has 1 aromatic rings. The molecule has 1 saturated heterocycles. The van der Waals surface area contributed by atoms with Crippen LogP contribution in [0, 0.1) is 5.92 Å². The van der Waals surface area contributed by atoms with Crippen molar-refractivity contribution in [3.8, 4) is 0 Å². The molecular weight excluding hydrogens is 300 g/mol. The second kappa shape index (κ2) is 6.76. The number of benzene rings is 1. The van der Waals surface area contributed by atoms with Gasteiger partial charge in [0.05, 0.1) is 0 Å². The molecule has 1 aliphatic rings. The Labute approximate surface area is 125 Å². The Morgan fingerprint density at radius 2 is 1.89 bits per heavy atom. The summed E-state index contributed by atoms with van der Waals surface area (Å²) in [5, 5.41) is 0. The topological polar surface area (TPSA) is 29.3 Å². The van der Waals surface area contributed by atoms with E-state index in [-0.39, 0.29) is 6.04 Å². The maximum Gasteiger partial charge on any atom is 0.0415 e. The molecule has 3 heteroatoms. The molecule has 2 N–H and O–H groups in total. The summed E-state index contributed by atoms with van der Waals surface area (Å²) >= 11 is 3.58. The number of halogens is 1. The van der Waals surface area contributed by atoms with Crippen LogP contribution in [0.4, 0.5) is 5.69 Å². The predicted molar refractivity (Wildman–Crippen MR) is 86.6 cm³/mol. The number of nitrogens with two attached hydrogens (primary N) is 1. The Hall–Kier alpha value is -0.540. The second-order valence-electron chi connectivity index (χ2n) is 5.99. The van der Waals surface area contributed by atoms with Gasteiger partial charge in [-0.05, 0) is 55.4 Å². The van der Waals surface area contributed by atoms with E-state index in [0.717, 1.165) is 10.9 Å². The molecule has 0 aromatic heterocycles. The van der Waals surface area contributed by atoms with E-state index in [1.165, 1.54) is 43.6 Å². The summed E-state index contributed by atoms with van der Waals surface area (Å²) in [4.78, 5) is 2.51. The van der Waals surface area contributed by atoms with Crippen molar-refractivity contribution in [1.82, 2.24) is 0 Å². The minimum absolute atomic E-state index is 0.134. The molecule has 2 rings (SSSR count). The standard InChI is InChI=1S/C16H25BrN2/c1-12(2)10-15(18)14-11-13(17)6-7-16(14)19-8-4-3-5-9-19/h6-7,11-12,15H,3-5,8-10,18H2,1-2H3. The van der Waals surface area contributed by atoms with Crippen LogP contribution in [0.5, 0.6) is 0 Å². The van der Waals surface area contributed by atoms with Gasteiger partial charge in [-0.15, -0.1) is 0 Å². The summed E-state index contributed by atoms with van der Waals surface area (Å²) in [6.07, 6.45) is 5.00. The van der Waals surface area contributed by atoms with Gasteiger partial charge in [0.2, 0.25) is 0 Å². The van der Waals surface area contributed by atoms with Gasteiger partial charge in [-0.25, -0.2) is 0 Å². The van der Waals surface area contributed by atoms with Crippen molar-refractivity contribution in [2.24, 2.45) is 11.7 Å². The number of nitrogens with zero attached hydrogens (tertiary/aromatic N) is 1. The van der Waals surface area contributed by atoms with E-state index < -0.39 is 0 Å². The molecule has 0 amide bonds. The first-order valence-electron chi connectivity index (χ1n) is 7.38. The van der Waals surface area contributed by atoms with Crippen LogP contribution in [-0.4, -0.2) is 13.1 Å². The Bertz CT molecular complexity index is 411. The van der Waals surface area contributed by atoms with Crippen LogP contribution in [0.2, 0.25) is 0 Å². The number of hydrogen-bond acceptors (Lipinski definition) is 2. The van der Waals surface area contributed by atoms with E-state index in [1.54, 1.807) is 0 Å². The van der Waals surface area contributed by atoms with Crippen molar-refractivity contribution < 1.29 is 0 Å². The second-order valence-corrected chi connectivity index (χ2v) is 6.90. The minimum atomic E-state index is 0.134. The van der Waals surface area contributed by atoms with Crippen LogP contribution in [0.3, 0.4) is 0 Å². The molecule has 1 atom stereocenters. The molecule has 1 unspecified atom stereocenters. The fourth-order valence-corrected chi connectivity index (χ4v) is 3.26. The fourth-order valence-electron chi connectivity index (χ4n) is 2.88. The Balaban J connectivity index is 2.26. The van der Waals surface area contributed by atoms with Crippen molar-refractivity contribution in [3.63, 3.8) is 0 Å². The summed E-state index contributed by atoms with van der Waals surface area (Å²) in [6, 6.07) is 6.70. The van der Waals surface area contributed by atoms with Gasteiger partial charge in [-0.2, -0.15) is 0 Å². The third-order valence-corrected chi connectivity index (χ3v) is 4.30. The normalized spacial score (nSPS) is 17.8. The van der Waals surface area contributed by atoms with Gasteiger partial charge >= 0.3 is 0 Å². The van der Waals surface area contributed by atoms with Crippen LogP contribution in [-0.2, 0) is 0 Å². The highest BCUT2D eigenvalue weighted by Crippen LogP contribution is 2.32. The summed E-state index contributed by atoms with van der Waals surface area (Å²) in [5.74, 6) is 0.628. The molecule has 0 spiro atoms. The number of anilines is 1. The minimum Gasteiger partial charge on any atom is -0.371 e. The smallest absolute Gasteiger partial charge is 0.0415 e. The largest absolute Gasteiger partial charge is 0.371 e. The zero-order valence-electron chi connectivity index (χ0n) is 12.0. The Kier molecular flexibility index (Phi) is 5.28. The fraction of sp³-hybridized carbons (Fsp3) is 0.625. The molecule has 106 valence electrons. The lowest BCUT2D eigenvalue weighted by atomic mass is 9.95. The molecule has 19 heavy (non-hydrogen) atoms. The average molecular weight is 325 g/mol. The molecule has 1 aliphatic heterocycles. The maximum atomic E-state index is 6.42. The monoisotopic (exact) mass is 324 g/mol. The number of piperidine rings is 1. The quantitative estimate of drug-likeness (QED) is 0.884. The molecular formula is C16H25BrN2. The molecule has 0 radical (unpaired) electrons. The molecule has 0 saturated carbocycles. The first-order chi connectivity index (χ1) is 9.08. The zero-order chi connectivity index (χ0) is 13.8. The highest BCUT2D eigenvalue weighted by molar-refractivity contribution is 9.10. The SMILES string of the molecule is CC(C)CC(N)c1cc(Br)ccc1N1CCCCC1. The van der Waals surface area contributed by atoms with Crippen molar-refractivity contribution in [2.45, 2.75) is 45.6 Å². The zero-order valence-corrected chi connectivity index (χ0v) is 13.6. The highest BCUT2D eigenvalue weighted by atomic mass is 79.9. The van der Waals surface area contributed by atoms with Gasteiger partial charge in [0.15, 0.2) is 0 Å². The Morgan fingerprint density at radius 3 is 2.53 bits per heavy atom. The van der Waals surface area contributed by atoms with Crippen LogP contribution < -0.4 is 10.6 Å². The van der Waals surface area contributed by atoms with E-state index in [1.807, 2.05) is 0 Å². The average Bonchev–Trinajstić information content (AvgIpc) is 2.39. The summed E-state index contributed by atoms with van der Waals surface area (Å²) in [7, 11) is 0. The highest BCUT2D eigenvalue weighted by Gasteiger charge is 2.19. The van der Waals surface area contributed by atoms with E-state index in [0.29, 0.717) is 5.92 Å². The van der Waals surface area contributed by atoms with Crippen molar-refractivity contribution in [3.05, 3.63) is 28.2 Å². The van der Waals surface area contributed by atoms with E-state index in [9.17, 15) is 0 Å².